The van der Waals surface area contributed by atoms with Crippen LogP contribution in [0, 0.1) is 0 Å². The van der Waals surface area contributed by atoms with E-state index in [1.807, 2.05) is 30.3 Å². The van der Waals surface area contributed by atoms with E-state index in [1.165, 1.54) is 0 Å². The second-order valence-corrected chi connectivity index (χ2v) is 12.8. The van der Waals surface area contributed by atoms with Gasteiger partial charge in [0.15, 0.2) is 10.7 Å². The third kappa shape index (κ3) is 5.53. The number of carbonyl (C=O) groups is 1. The van der Waals surface area contributed by atoms with Crippen molar-refractivity contribution >= 4 is 27.8 Å². The van der Waals surface area contributed by atoms with Crippen LogP contribution in [0.1, 0.15) is 31.9 Å². The number of carbonyl (C=O) groups excluding carboxylic acids is 1. The van der Waals surface area contributed by atoms with Crippen molar-refractivity contribution in [3.05, 3.63) is 96.7 Å². The van der Waals surface area contributed by atoms with Crippen LogP contribution in [0.3, 0.4) is 0 Å². The molecule has 0 bridgehead atoms. The highest BCUT2D eigenvalue weighted by Gasteiger charge is 2.67. The molecule has 1 unspecified atom stereocenters. The van der Waals surface area contributed by atoms with Gasteiger partial charge in [-0.25, -0.2) is 14.8 Å². The van der Waals surface area contributed by atoms with Gasteiger partial charge in [0.05, 0.1) is 19.3 Å². The van der Waals surface area contributed by atoms with Crippen LogP contribution in [0.5, 0.6) is 5.75 Å². The Labute approximate surface area is 246 Å². The van der Waals surface area contributed by atoms with E-state index in [9.17, 15) is 13.6 Å². The fraction of sp³-hybridized carbons (Fsp3) is 0.281. The normalized spacial score (nSPS) is 19.0. The van der Waals surface area contributed by atoms with E-state index in [0.29, 0.717) is 66.3 Å². The van der Waals surface area contributed by atoms with E-state index in [1.54, 1.807) is 60.7 Å². The van der Waals surface area contributed by atoms with Crippen molar-refractivity contribution in [3.8, 4) is 17.1 Å². The number of para-hydroxylation sites is 1. The van der Waals surface area contributed by atoms with E-state index in [0.717, 1.165) is 12.0 Å². The molecule has 1 aromatic heterocycles. The van der Waals surface area contributed by atoms with Crippen LogP contribution in [-0.2, 0) is 23.9 Å². The average Bonchev–Trinajstić information content (AvgIpc) is 3.85. The predicted octanol–water partition coefficient (Wildman–Crippen LogP) is 6.39. The van der Waals surface area contributed by atoms with Crippen LogP contribution in [0.2, 0.25) is 0 Å². The van der Waals surface area contributed by atoms with Crippen molar-refractivity contribution in [2.24, 2.45) is 0 Å². The summed E-state index contributed by atoms with van der Waals surface area (Å²) in [7, 11) is -3.44. The fourth-order valence-corrected chi connectivity index (χ4v) is 7.32. The van der Waals surface area contributed by atoms with Gasteiger partial charge in [-0.2, -0.15) is 4.55 Å². The van der Waals surface area contributed by atoms with Gasteiger partial charge < -0.3 is 14.4 Å². The largest absolute Gasteiger partial charge is 0.417 e. The van der Waals surface area contributed by atoms with Crippen molar-refractivity contribution in [1.29, 1.82) is 0 Å². The Morgan fingerprint density at radius 3 is 2.40 bits per heavy atom. The summed E-state index contributed by atoms with van der Waals surface area (Å²) in [6.07, 6.45) is 1.39. The molecule has 10 heteroatoms. The molecule has 1 saturated carbocycles. The third-order valence-electron chi connectivity index (χ3n) is 7.81. The van der Waals surface area contributed by atoms with Crippen LogP contribution in [0.15, 0.2) is 95.9 Å². The zero-order chi connectivity index (χ0) is 29.2. The maximum Gasteiger partial charge on any atom is 0.417 e. The van der Waals surface area contributed by atoms with Crippen LogP contribution in [0.4, 0.5) is 16.3 Å². The maximum absolute atomic E-state index is 14.0. The highest BCUT2D eigenvalue weighted by molar-refractivity contribution is 7.99. The third-order valence-corrected chi connectivity index (χ3v) is 10.4. The molecule has 6 rings (SSSR count). The minimum absolute atomic E-state index is 0.138. The molecule has 4 aromatic rings. The SMILES string of the molecule is CC[C@H]1COCCN1c1cc(C2([S+](=O)(O)c3ccccc3)CC2)nc(-c2ccc(NC(=O)Oc3ccccc3)cc2)n1. The van der Waals surface area contributed by atoms with Gasteiger partial charge >= 0.3 is 6.09 Å². The molecular formula is C32H33N4O5S+. The molecular weight excluding hydrogens is 552 g/mol. The van der Waals surface area contributed by atoms with Gasteiger partial charge in [-0.05, 0) is 55.0 Å². The molecule has 2 N–H and O–H groups in total. The standard InChI is InChI=1S/C32H32N4O5S/c1-2-25-22-40-20-19-36(25)29-21-28(32(17-18-32)42(38,39)27-11-7-4-8-12-27)34-30(35-29)23-13-15-24(16-14-23)33-31(37)41-26-9-5-3-6-10-26/h3-16,21,25H,2,17-20,22H2,1H3,(H-,33,34,35,37,38,39)/p+1/t25-/m0/s1. The number of anilines is 2. The maximum atomic E-state index is 14.0. The summed E-state index contributed by atoms with van der Waals surface area (Å²) in [5, 5.41) is 2.73. The molecule has 9 nitrogen and oxygen atoms in total. The number of hydrogen-bond acceptors (Lipinski definition) is 7. The average molecular weight is 586 g/mol. The number of nitrogens with zero attached hydrogens (tertiary/aromatic N) is 3. The Balaban J connectivity index is 1.34. The van der Waals surface area contributed by atoms with Crippen LogP contribution >= 0.6 is 0 Å². The molecule has 216 valence electrons. The Bertz CT molecular complexity index is 1600. The Kier molecular flexibility index (Phi) is 7.76. The number of nitrogens with one attached hydrogen (secondary N) is 1. The number of hydrogen-bond donors (Lipinski definition) is 2. The lowest BCUT2D eigenvalue weighted by Crippen LogP contribution is -2.45. The first-order chi connectivity index (χ1) is 20.4. The first-order valence-corrected chi connectivity index (χ1v) is 15.6. The van der Waals surface area contributed by atoms with Gasteiger partial charge in [-0.15, -0.1) is 0 Å². The quantitative estimate of drug-likeness (QED) is 0.229. The first-order valence-electron chi connectivity index (χ1n) is 14.1. The van der Waals surface area contributed by atoms with Crippen LogP contribution in [0.25, 0.3) is 11.4 Å². The second kappa shape index (κ2) is 11.6. The zero-order valence-electron chi connectivity index (χ0n) is 23.3. The molecule has 42 heavy (non-hydrogen) atoms. The molecule has 1 aliphatic heterocycles. The summed E-state index contributed by atoms with van der Waals surface area (Å²) >= 11 is 0. The first kappa shape index (κ1) is 28.0. The number of aromatic nitrogens is 2. The molecule has 1 saturated heterocycles. The minimum atomic E-state index is -3.44. The number of ether oxygens (including phenoxy) is 2. The van der Waals surface area contributed by atoms with Gasteiger partial charge in [0.25, 0.3) is 10.2 Å². The van der Waals surface area contributed by atoms with Crippen molar-refractivity contribution < 1.29 is 23.0 Å². The summed E-state index contributed by atoms with van der Waals surface area (Å²) in [5.41, 5.74) is 1.84. The molecule has 0 spiro atoms. The summed E-state index contributed by atoms with van der Waals surface area (Å²) in [6, 6.07) is 26.8. The van der Waals surface area contributed by atoms with E-state index in [-0.39, 0.29) is 6.04 Å². The highest BCUT2D eigenvalue weighted by Crippen LogP contribution is 2.57. The summed E-state index contributed by atoms with van der Waals surface area (Å²) in [4.78, 5) is 24.8. The molecule has 2 fully saturated rings. The summed E-state index contributed by atoms with van der Waals surface area (Å²) in [6.45, 7) is 3.95. The highest BCUT2D eigenvalue weighted by atomic mass is 32.3. The van der Waals surface area contributed by atoms with E-state index >= 15 is 0 Å². The Morgan fingerprint density at radius 2 is 1.74 bits per heavy atom. The smallest absolute Gasteiger partial charge is 0.410 e. The van der Waals surface area contributed by atoms with Crippen LogP contribution in [-0.4, -0.2) is 46.4 Å². The minimum Gasteiger partial charge on any atom is -0.410 e. The van der Waals surface area contributed by atoms with E-state index in [2.05, 4.69) is 17.1 Å². The fourth-order valence-electron chi connectivity index (χ4n) is 5.30. The second-order valence-electron chi connectivity index (χ2n) is 10.5. The van der Waals surface area contributed by atoms with E-state index < -0.39 is 21.1 Å². The zero-order valence-corrected chi connectivity index (χ0v) is 24.1. The van der Waals surface area contributed by atoms with Crippen molar-refractivity contribution in [3.63, 3.8) is 0 Å². The number of morpholine rings is 1. The van der Waals surface area contributed by atoms with Gasteiger partial charge in [0.1, 0.15) is 17.3 Å². The molecule has 3 aromatic carbocycles. The number of benzene rings is 3. The van der Waals surface area contributed by atoms with Crippen molar-refractivity contribution in [2.45, 2.75) is 41.9 Å². The lowest BCUT2D eigenvalue weighted by Gasteiger charge is -2.36. The molecule has 2 aliphatic rings. The molecule has 0 radical (unpaired) electrons. The Morgan fingerprint density at radius 1 is 1.05 bits per heavy atom. The number of rotatable bonds is 8. The van der Waals surface area contributed by atoms with Gasteiger partial charge in [-0.3, -0.25) is 5.32 Å². The van der Waals surface area contributed by atoms with Gasteiger partial charge in [0.2, 0.25) is 4.75 Å². The molecule has 1 aliphatic carbocycles. The number of amides is 1. The monoisotopic (exact) mass is 585 g/mol. The topological polar surface area (TPSA) is 114 Å². The lowest BCUT2D eigenvalue weighted by atomic mass is 10.1. The van der Waals surface area contributed by atoms with Crippen molar-refractivity contribution in [1.82, 2.24) is 9.97 Å². The predicted molar refractivity (Wildman–Crippen MR) is 162 cm³/mol. The Hall–Kier alpha value is -4.12. The van der Waals surface area contributed by atoms with Crippen molar-refractivity contribution in [2.75, 3.05) is 30.0 Å². The summed E-state index contributed by atoms with van der Waals surface area (Å²) < 4.78 is 35.6. The van der Waals surface area contributed by atoms with Gasteiger partial charge in [0, 0.05) is 36.7 Å². The lowest BCUT2D eigenvalue weighted by molar-refractivity contribution is 0.0925. The molecule has 2 atom stereocenters. The summed E-state index contributed by atoms with van der Waals surface area (Å²) in [5.74, 6) is 1.62. The molecule has 1 amide bonds. The van der Waals surface area contributed by atoms with Crippen LogP contribution < -0.4 is 15.0 Å². The molecule has 2 heterocycles. The van der Waals surface area contributed by atoms with Gasteiger partial charge in [-0.1, -0.05) is 47.5 Å². The van der Waals surface area contributed by atoms with E-state index in [4.69, 9.17) is 19.4 Å².